The lowest BCUT2D eigenvalue weighted by molar-refractivity contribution is 0.459. The maximum Gasteiger partial charge on any atom is 0.658 e. The number of nitrogens with one attached hydrogen (secondary N) is 1. The summed E-state index contributed by atoms with van der Waals surface area (Å²) in [5, 5.41) is 4.97. The van der Waals surface area contributed by atoms with E-state index in [4.69, 9.17) is 14.4 Å². The van der Waals surface area contributed by atoms with Gasteiger partial charge < -0.3 is 9.31 Å². The molecule has 2 aromatic rings. The lowest BCUT2D eigenvalue weighted by Gasteiger charge is -2.08. The molecule has 0 heterocycles. The molecule has 2 rings (SSSR count). The molecule has 0 fully saturated rings. The average Bonchev–Trinajstić information content (AvgIpc) is 2.48. The standard InChI is InChI=1S/C14H16BN2O6S2/c1-24(18,19)17-12-4-8-14(9-5-12)23-15-22-13-6-2-11(3-7-13)10-25(16,20)21/h2-9,17H,10H2,1H3,(H2,16,20,21). The van der Waals surface area contributed by atoms with Crippen molar-refractivity contribution in [2.24, 2.45) is 5.14 Å². The van der Waals surface area contributed by atoms with Crippen LogP contribution in [0.1, 0.15) is 5.56 Å². The van der Waals surface area contributed by atoms with Crippen LogP contribution in [0.4, 0.5) is 5.69 Å². The summed E-state index contributed by atoms with van der Waals surface area (Å²) in [6, 6.07) is 12.6. The summed E-state index contributed by atoms with van der Waals surface area (Å²) in [6.07, 6.45) is 1.06. The third-order valence-corrected chi connectivity index (χ3v) is 4.16. The Morgan fingerprint density at radius 2 is 1.40 bits per heavy atom. The third-order valence-electron chi connectivity index (χ3n) is 2.82. The van der Waals surface area contributed by atoms with Gasteiger partial charge in [-0.25, -0.2) is 22.0 Å². The van der Waals surface area contributed by atoms with Crippen LogP contribution in [0.5, 0.6) is 11.5 Å². The molecule has 3 N–H and O–H groups in total. The lowest BCUT2D eigenvalue weighted by atomic mass is 10.2. The van der Waals surface area contributed by atoms with Crippen LogP contribution in [0.3, 0.4) is 0 Å². The van der Waals surface area contributed by atoms with Crippen molar-refractivity contribution in [3.05, 3.63) is 54.1 Å². The van der Waals surface area contributed by atoms with Gasteiger partial charge in [-0.2, -0.15) is 0 Å². The van der Waals surface area contributed by atoms with Gasteiger partial charge >= 0.3 is 7.69 Å². The van der Waals surface area contributed by atoms with Crippen LogP contribution in [0.15, 0.2) is 48.5 Å². The summed E-state index contributed by atoms with van der Waals surface area (Å²) in [7, 11) is -5.80. The molecule has 0 aliphatic carbocycles. The fourth-order valence-electron chi connectivity index (χ4n) is 1.85. The largest absolute Gasteiger partial charge is 0.658 e. The summed E-state index contributed by atoms with van der Waals surface area (Å²) in [4.78, 5) is 0. The molecule has 0 unspecified atom stereocenters. The normalized spacial score (nSPS) is 11.6. The van der Waals surface area contributed by atoms with Crippen molar-refractivity contribution >= 4 is 33.4 Å². The number of hydrogen-bond acceptors (Lipinski definition) is 6. The molecule has 8 nitrogen and oxygen atoms in total. The minimum Gasteiger partial charge on any atom is -0.526 e. The summed E-state index contributed by atoms with van der Waals surface area (Å²) < 4.78 is 57.1. The molecule has 2 aromatic carbocycles. The predicted octanol–water partition coefficient (Wildman–Crippen LogP) is 0.839. The Balaban J connectivity index is 1.84. The molecule has 0 saturated heterocycles. The van der Waals surface area contributed by atoms with Crippen molar-refractivity contribution in [1.82, 2.24) is 0 Å². The number of benzene rings is 2. The van der Waals surface area contributed by atoms with E-state index in [1.807, 2.05) is 0 Å². The van der Waals surface area contributed by atoms with Crippen molar-refractivity contribution < 1.29 is 26.1 Å². The first-order valence-electron chi connectivity index (χ1n) is 6.93. The van der Waals surface area contributed by atoms with Crippen molar-refractivity contribution in [2.75, 3.05) is 11.0 Å². The summed E-state index contributed by atoms with van der Waals surface area (Å²) in [5.41, 5.74) is 0.964. The van der Waals surface area contributed by atoms with E-state index in [0.717, 1.165) is 13.9 Å². The van der Waals surface area contributed by atoms with Crippen LogP contribution >= 0.6 is 0 Å². The van der Waals surface area contributed by atoms with E-state index in [1.165, 1.54) is 0 Å². The zero-order valence-corrected chi connectivity index (χ0v) is 14.9. The lowest BCUT2D eigenvalue weighted by Crippen LogP contribution is -2.14. The quantitative estimate of drug-likeness (QED) is 0.651. The Bertz CT molecular complexity index is 835. The second-order valence-electron chi connectivity index (χ2n) is 5.18. The number of rotatable bonds is 8. The van der Waals surface area contributed by atoms with Gasteiger partial charge in [0.1, 0.15) is 11.5 Å². The molecule has 1 radical (unpaired) electrons. The van der Waals surface area contributed by atoms with Crippen molar-refractivity contribution in [2.45, 2.75) is 5.75 Å². The van der Waals surface area contributed by atoms with E-state index < -0.39 is 20.0 Å². The minimum atomic E-state index is -3.57. The van der Waals surface area contributed by atoms with E-state index in [-0.39, 0.29) is 5.75 Å². The summed E-state index contributed by atoms with van der Waals surface area (Å²) in [5.74, 6) is 0.653. The van der Waals surface area contributed by atoms with E-state index in [1.54, 1.807) is 48.5 Å². The van der Waals surface area contributed by atoms with Gasteiger partial charge in [-0.05, 0) is 42.0 Å². The molecule has 0 spiro atoms. The first kappa shape index (κ1) is 19.1. The van der Waals surface area contributed by atoms with E-state index in [0.29, 0.717) is 22.7 Å². The van der Waals surface area contributed by atoms with Crippen LogP contribution < -0.4 is 19.2 Å². The molecule has 11 heteroatoms. The Kier molecular flexibility index (Phi) is 5.93. The zero-order chi connectivity index (χ0) is 18.5. The van der Waals surface area contributed by atoms with Gasteiger partial charge in [0, 0.05) is 5.69 Å². The number of primary sulfonamides is 1. The highest BCUT2D eigenvalue weighted by atomic mass is 32.2. The molecule has 0 bridgehead atoms. The predicted molar refractivity (Wildman–Crippen MR) is 95.2 cm³/mol. The van der Waals surface area contributed by atoms with Crippen LogP contribution in [0, 0.1) is 0 Å². The van der Waals surface area contributed by atoms with Gasteiger partial charge in [0.15, 0.2) is 0 Å². The zero-order valence-electron chi connectivity index (χ0n) is 13.2. The molecule has 0 saturated carbocycles. The van der Waals surface area contributed by atoms with Gasteiger partial charge in [0.2, 0.25) is 20.0 Å². The van der Waals surface area contributed by atoms with Gasteiger partial charge in [-0.3, -0.25) is 4.72 Å². The van der Waals surface area contributed by atoms with Crippen molar-refractivity contribution in [3.63, 3.8) is 0 Å². The number of hydrogen-bond donors (Lipinski definition) is 2. The number of anilines is 1. The van der Waals surface area contributed by atoms with E-state index >= 15 is 0 Å². The SMILES string of the molecule is CS(=O)(=O)Nc1ccc(O[B]Oc2ccc(CS(N)(=O)=O)cc2)cc1. The van der Waals surface area contributed by atoms with Crippen LogP contribution in [-0.2, 0) is 25.8 Å². The fourth-order valence-corrected chi connectivity index (χ4v) is 3.07. The molecular weight excluding hydrogens is 367 g/mol. The van der Waals surface area contributed by atoms with Crippen molar-refractivity contribution in [1.29, 1.82) is 0 Å². The smallest absolute Gasteiger partial charge is 0.526 e. The molecule has 0 aliphatic heterocycles. The first-order chi connectivity index (χ1) is 11.6. The average molecular weight is 383 g/mol. The highest BCUT2D eigenvalue weighted by Gasteiger charge is 2.07. The maximum absolute atomic E-state index is 11.1. The van der Waals surface area contributed by atoms with E-state index in [2.05, 4.69) is 4.72 Å². The summed E-state index contributed by atoms with van der Waals surface area (Å²) in [6.45, 7) is 0. The minimum absolute atomic E-state index is 0.249. The summed E-state index contributed by atoms with van der Waals surface area (Å²) >= 11 is 0. The Morgan fingerprint density at radius 3 is 1.84 bits per heavy atom. The molecular formula is C14H16BN2O6S2. The highest BCUT2D eigenvalue weighted by Crippen LogP contribution is 2.17. The molecule has 133 valence electrons. The second-order valence-corrected chi connectivity index (χ2v) is 8.54. The van der Waals surface area contributed by atoms with Gasteiger partial charge in [-0.15, -0.1) is 0 Å². The molecule has 0 aliphatic rings. The first-order valence-corrected chi connectivity index (χ1v) is 10.5. The van der Waals surface area contributed by atoms with Crippen LogP contribution in [0.2, 0.25) is 0 Å². The van der Waals surface area contributed by atoms with Crippen molar-refractivity contribution in [3.8, 4) is 11.5 Å². The third kappa shape index (κ3) is 7.46. The monoisotopic (exact) mass is 383 g/mol. The molecule has 0 atom stereocenters. The van der Waals surface area contributed by atoms with Crippen LogP contribution in [0.25, 0.3) is 0 Å². The molecule has 25 heavy (non-hydrogen) atoms. The second kappa shape index (κ2) is 7.76. The molecule has 0 amide bonds. The molecule has 0 aromatic heterocycles. The van der Waals surface area contributed by atoms with Crippen LogP contribution in [-0.4, -0.2) is 30.8 Å². The van der Waals surface area contributed by atoms with Gasteiger partial charge in [-0.1, -0.05) is 12.1 Å². The topological polar surface area (TPSA) is 125 Å². The highest BCUT2D eigenvalue weighted by molar-refractivity contribution is 7.92. The number of nitrogens with two attached hydrogens (primary N) is 1. The van der Waals surface area contributed by atoms with Gasteiger partial charge in [0.25, 0.3) is 0 Å². The Labute approximate surface area is 147 Å². The fraction of sp³-hybridized carbons (Fsp3) is 0.143. The Hall–Kier alpha value is -2.24. The number of sulfonamides is 2. The van der Waals surface area contributed by atoms with E-state index in [9.17, 15) is 16.8 Å². The maximum atomic E-state index is 11.1. The Morgan fingerprint density at radius 1 is 0.920 bits per heavy atom. The van der Waals surface area contributed by atoms with Gasteiger partial charge in [0.05, 0.1) is 12.0 Å².